The number of rotatable bonds is 4. The molecule has 2 bridgehead atoms. The third-order valence-corrected chi connectivity index (χ3v) is 8.97. The monoisotopic (exact) mass is 624 g/mol. The minimum Gasteiger partial charge on any atom is -0.323 e. The molecule has 10 nitrogen and oxygen atoms in total. The fourth-order valence-electron chi connectivity index (χ4n) is 6.30. The number of aryl methyl sites for hydroxylation is 3. The Kier molecular flexibility index (Phi) is 7.85. The molecule has 10 heteroatoms. The molecule has 47 heavy (non-hydrogen) atoms. The van der Waals surface area contributed by atoms with Crippen molar-refractivity contribution >= 4 is 11.6 Å². The van der Waals surface area contributed by atoms with Gasteiger partial charge < -0.3 is 5.32 Å². The van der Waals surface area contributed by atoms with Gasteiger partial charge in [-0.3, -0.25) is 23.8 Å². The molecule has 0 saturated carbocycles. The second kappa shape index (κ2) is 12.3. The average molecular weight is 625 g/mol. The van der Waals surface area contributed by atoms with E-state index in [2.05, 4.69) is 52.8 Å². The number of carbonyl (C=O) groups is 1. The fraction of sp³-hybridized carbons (Fsp3) is 0.243. The summed E-state index contributed by atoms with van der Waals surface area (Å²) in [5, 5.41) is 12.1. The molecule has 5 heterocycles. The number of aromatic nitrogens is 7. The Labute approximate surface area is 272 Å². The van der Waals surface area contributed by atoms with Gasteiger partial charge in [0.15, 0.2) is 0 Å². The van der Waals surface area contributed by atoms with Gasteiger partial charge in [0.1, 0.15) is 0 Å². The summed E-state index contributed by atoms with van der Waals surface area (Å²) in [6, 6.07) is 19.5. The lowest BCUT2D eigenvalue weighted by Gasteiger charge is -2.22. The molecule has 0 radical (unpaired) electrons. The van der Waals surface area contributed by atoms with Crippen molar-refractivity contribution in [1.82, 2.24) is 34.1 Å². The van der Waals surface area contributed by atoms with Crippen molar-refractivity contribution in [2.24, 2.45) is 13.0 Å². The van der Waals surface area contributed by atoms with Gasteiger partial charge in [-0.1, -0.05) is 48.7 Å². The Hall–Kier alpha value is -5.64. The number of nitrogens with one attached hydrogen (secondary N) is 1. The van der Waals surface area contributed by atoms with Gasteiger partial charge in [0.05, 0.1) is 53.2 Å². The van der Waals surface area contributed by atoms with E-state index < -0.39 is 0 Å². The highest BCUT2D eigenvalue weighted by Crippen LogP contribution is 2.34. The molecule has 2 aromatic carbocycles. The number of fused-ring (bicyclic) bond motifs is 4. The number of benzene rings is 2. The largest absolute Gasteiger partial charge is 0.323 e. The van der Waals surface area contributed by atoms with Crippen LogP contribution in [0.5, 0.6) is 0 Å². The third-order valence-electron chi connectivity index (χ3n) is 8.97. The zero-order valence-corrected chi connectivity index (χ0v) is 26.9. The molecule has 2 atom stereocenters. The van der Waals surface area contributed by atoms with Crippen molar-refractivity contribution in [1.29, 1.82) is 0 Å². The predicted molar refractivity (Wildman–Crippen MR) is 182 cm³/mol. The molecular formula is C37H36N8O2. The van der Waals surface area contributed by atoms with Gasteiger partial charge in [0, 0.05) is 48.1 Å². The normalized spacial score (nSPS) is 16.6. The Morgan fingerprint density at radius 1 is 0.830 bits per heavy atom. The first-order valence-corrected chi connectivity index (χ1v) is 15.9. The minimum atomic E-state index is -0.361. The second-order valence-corrected chi connectivity index (χ2v) is 12.4. The van der Waals surface area contributed by atoms with Crippen LogP contribution in [-0.2, 0) is 11.8 Å². The summed E-state index contributed by atoms with van der Waals surface area (Å²) in [6.07, 6.45) is 10.9. The van der Waals surface area contributed by atoms with Gasteiger partial charge in [-0.05, 0) is 62.6 Å². The molecule has 0 saturated heterocycles. The van der Waals surface area contributed by atoms with E-state index in [4.69, 9.17) is 9.97 Å². The summed E-state index contributed by atoms with van der Waals surface area (Å²) in [5.41, 5.74) is 9.43. The zero-order valence-electron chi connectivity index (χ0n) is 26.9. The summed E-state index contributed by atoms with van der Waals surface area (Å²) in [6.45, 7) is 6.02. The minimum absolute atomic E-state index is 0.0489. The molecule has 1 aliphatic heterocycles. The van der Waals surface area contributed by atoms with Crippen LogP contribution in [0, 0.1) is 19.8 Å². The second-order valence-electron chi connectivity index (χ2n) is 12.4. The molecule has 0 aliphatic carbocycles. The number of hydrogen-bond donors (Lipinski definition) is 1. The lowest BCUT2D eigenvalue weighted by atomic mass is 9.96. The van der Waals surface area contributed by atoms with Crippen LogP contribution in [0.25, 0.3) is 39.3 Å². The van der Waals surface area contributed by atoms with Gasteiger partial charge in [0.2, 0.25) is 5.91 Å². The first-order chi connectivity index (χ1) is 22.7. The molecular weight excluding hydrogens is 588 g/mol. The van der Waals surface area contributed by atoms with Crippen LogP contribution in [0.1, 0.15) is 49.0 Å². The maximum atomic E-state index is 14.0. The average Bonchev–Trinajstić information content (AvgIpc) is 3.70. The Morgan fingerprint density at radius 2 is 1.64 bits per heavy atom. The highest BCUT2D eigenvalue weighted by molar-refractivity contribution is 5.95. The fourth-order valence-corrected chi connectivity index (χ4v) is 6.30. The molecule has 0 fully saturated rings. The highest BCUT2D eigenvalue weighted by atomic mass is 16.2. The number of hydrogen-bond acceptors (Lipinski definition) is 6. The van der Waals surface area contributed by atoms with E-state index in [1.165, 1.54) is 5.56 Å². The molecule has 1 amide bonds. The SMILES string of the molecule is Cc1ccc(-n2cc(-c3ccc(C)cc3-c3cc(=O)n([C@H]4CCC[C@@H](C)C(=O)Nc5cnn(C)c5-c5ccnc4c5)cn3)cn2)cc1. The lowest BCUT2D eigenvalue weighted by molar-refractivity contribution is -0.119. The van der Waals surface area contributed by atoms with Crippen LogP contribution in [0.4, 0.5) is 5.69 Å². The van der Waals surface area contributed by atoms with Gasteiger partial charge in [0.25, 0.3) is 5.56 Å². The smallest absolute Gasteiger partial charge is 0.254 e. The van der Waals surface area contributed by atoms with Crippen LogP contribution < -0.4 is 10.9 Å². The summed E-state index contributed by atoms with van der Waals surface area (Å²) in [4.78, 5) is 36.5. The standard InChI is InChI=1S/C37H36N8O2/c1-23-8-11-28(12-9-23)45-21-27(19-41-45)29-13-10-24(2)16-30(29)31-18-35(46)44(22-39-31)34-7-5-6-25(3)37(47)42-33-20-40-43(4)36(33)26-14-15-38-32(34)17-26/h8-22,25,34H,5-7H2,1-4H3,(H,42,47)/t25-,34+/m1/s1. The maximum absolute atomic E-state index is 14.0. The molecule has 7 rings (SSSR count). The van der Waals surface area contributed by atoms with E-state index in [1.807, 2.05) is 62.2 Å². The third kappa shape index (κ3) is 5.90. The number of nitrogens with zero attached hydrogens (tertiary/aromatic N) is 7. The molecule has 0 spiro atoms. The summed E-state index contributed by atoms with van der Waals surface area (Å²) in [5.74, 6) is -0.256. The van der Waals surface area contributed by atoms with Crippen molar-refractivity contribution in [3.8, 4) is 39.3 Å². The molecule has 1 aliphatic rings. The zero-order chi connectivity index (χ0) is 32.7. The van der Waals surface area contributed by atoms with Crippen LogP contribution in [0.15, 0.2) is 96.6 Å². The first-order valence-electron chi connectivity index (χ1n) is 15.9. The van der Waals surface area contributed by atoms with Crippen LogP contribution in [-0.4, -0.2) is 40.0 Å². The summed E-state index contributed by atoms with van der Waals surface area (Å²) >= 11 is 0. The number of anilines is 1. The molecule has 236 valence electrons. The summed E-state index contributed by atoms with van der Waals surface area (Å²) in [7, 11) is 1.85. The van der Waals surface area contributed by atoms with Crippen molar-refractivity contribution in [2.75, 3.05) is 5.32 Å². The maximum Gasteiger partial charge on any atom is 0.254 e. The van der Waals surface area contributed by atoms with Gasteiger partial charge in [-0.2, -0.15) is 10.2 Å². The van der Waals surface area contributed by atoms with E-state index in [0.717, 1.165) is 51.3 Å². The topological polar surface area (TPSA) is 113 Å². The molecule has 6 aromatic rings. The van der Waals surface area contributed by atoms with Crippen molar-refractivity contribution in [3.05, 3.63) is 119 Å². The van der Waals surface area contributed by atoms with Crippen molar-refractivity contribution in [2.45, 2.75) is 46.1 Å². The van der Waals surface area contributed by atoms with Gasteiger partial charge in [-0.25, -0.2) is 9.67 Å². The highest BCUT2D eigenvalue weighted by Gasteiger charge is 2.24. The van der Waals surface area contributed by atoms with E-state index in [-0.39, 0.29) is 23.4 Å². The number of carbonyl (C=O) groups excluding carboxylic acids is 1. The lowest BCUT2D eigenvalue weighted by Crippen LogP contribution is -2.27. The van der Waals surface area contributed by atoms with E-state index in [9.17, 15) is 9.59 Å². The quantitative estimate of drug-likeness (QED) is 0.239. The Morgan fingerprint density at radius 3 is 2.45 bits per heavy atom. The number of pyridine rings is 1. The van der Waals surface area contributed by atoms with Crippen LogP contribution in [0.3, 0.4) is 0 Å². The van der Waals surface area contributed by atoms with Gasteiger partial charge in [-0.15, -0.1) is 0 Å². The number of amides is 1. The van der Waals surface area contributed by atoms with E-state index >= 15 is 0 Å². The molecule has 0 unspecified atom stereocenters. The predicted octanol–water partition coefficient (Wildman–Crippen LogP) is 6.52. The molecule has 4 aromatic heterocycles. The Bertz CT molecular complexity index is 2160. The van der Waals surface area contributed by atoms with Crippen molar-refractivity contribution in [3.63, 3.8) is 0 Å². The van der Waals surface area contributed by atoms with Crippen LogP contribution >= 0.6 is 0 Å². The summed E-state index contributed by atoms with van der Waals surface area (Å²) < 4.78 is 5.27. The van der Waals surface area contributed by atoms with Gasteiger partial charge >= 0.3 is 0 Å². The van der Waals surface area contributed by atoms with Crippen LogP contribution in [0.2, 0.25) is 0 Å². The van der Waals surface area contributed by atoms with Crippen molar-refractivity contribution < 1.29 is 4.79 Å². The van der Waals surface area contributed by atoms with E-state index in [0.29, 0.717) is 24.2 Å². The molecule has 1 N–H and O–H groups in total. The van der Waals surface area contributed by atoms with E-state index in [1.54, 1.807) is 34.0 Å². The first kappa shape index (κ1) is 30.0. The Balaban J connectivity index is 1.27.